The minimum absolute atomic E-state index is 0.0923. The van der Waals surface area contributed by atoms with Gasteiger partial charge in [0.2, 0.25) is 5.91 Å². The molecule has 0 fully saturated rings. The number of nitrogens with one attached hydrogen (secondary N) is 1. The zero-order valence-corrected chi connectivity index (χ0v) is 11.4. The molecule has 0 aliphatic carbocycles. The highest BCUT2D eigenvalue weighted by Gasteiger charge is 2.05. The molecule has 0 saturated carbocycles. The summed E-state index contributed by atoms with van der Waals surface area (Å²) in [5.74, 6) is -0.966. The largest absolute Gasteiger partial charge is 0.481 e. The lowest BCUT2D eigenvalue weighted by Gasteiger charge is -2.07. The molecule has 110 valence electrons. The van der Waals surface area contributed by atoms with Crippen molar-refractivity contribution in [3.63, 3.8) is 0 Å². The Bertz CT molecular complexity index is 610. The molecule has 1 aromatic carbocycles. The van der Waals surface area contributed by atoms with Gasteiger partial charge in [0.1, 0.15) is 0 Å². The molecule has 0 radical (unpaired) electrons. The van der Waals surface area contributed by atoms with E-state index in [1.165, 1.54) is 0 Å². The smallest absolute Gasteiger partial charge is 0.303 e. The van der Waals surface area contributed by atoms with Crippen LogP contribution in [0.4, 0.5) is 5.69 Å². The number of benzene rings is 1. The van der Waals surface area contributed by atoms with Gasteiger partial charge in [-0.3, -0.25) is 9.59 Å². The number of rotatable bonds is 7. The summed E-state index contributed by atoms with van der Waals surface area (Å²) in [7, 11) is 0. The molecule has 2 rings (SSSR count). The summed E-state index contributed by atoms with van der Waals surface area (Å²) < 4.78 is 1.60. The van der Waals surface area contributed by atoms with Crippen LogP contribution in [-0.4, -0.2) is 32.0 Å². The van der Waals surface area contributed by atoms with Crippen molar-refractivity contribution >= 4 is 17.6 Å². The van der Waals surface area contributed by atoms with Gasteiger partial charge in [-0.2, -0.15) is 0 Å². The summed E-state index contributed by atoms with van der Waals surface area (Å²) in [5, 5.41) is 18.9. The molecule has 0 saturated heterocycles. The zero-order chi connectivity index (χ0) is 15.1. The molecule has 21 heavy (non-hydrogen) atoms. The third kappa shape index (κ3) is 4.72. The molecule has 0 bridgehead atoms. The number of carboxylic acid groups (broad SMARTS) is 1. The molecule has 7 heteroatoms. The monoisotopic (exact) mass is 288 g/mol. The van der Waals surface area contributed by atoms with Crippen LogP contribution in [0, 0.1) is 0 Å². The number of aliphatic carboxylic acids is 1. The fourth-order valence-corrected chi connectivity index (χ4v) is 1.86. The van der Waals surface area contributed by atoms with Crippen molar-refractivity contribution in [3.8, 4) is 5.69 Å². The fraction of sp³-hybridized carbons (Fsp3) is 0.286. The van der Waals surface area contributed by atoms with Crippen LogP contribution in [0.1, 0.15) is 25.7 Å². The molecule has 0 atom stereocenters. The predicted molar refractivity (Wildman–Crippen MR) is 76.1 cm³/mol. The maximum Gasteiger partial charge on any atom is 0.303 e. The number of hydrogen-bond donors (Lipinski definition) is 2. The minimum atomic E-state index is -0.837. The van der Waals surface area contributed by atoms with E-state index < -0.39 is 5.97 Å². The van der Waals surface area contributed by atoms with Gasteiger partial charge >= 0.3 is 5.97 Å². The molecule has 0 aliphatic rings. The number of carbonyl (C=O) groups is 2. The number of carboxylic acids is 1. The van der Waals surface area contributed by atoms with Crippen molar-refractivity contribution in [1.82, 2.24) is 15.0 Å². The van der Waals surface area contributed by atoms with Crippen LogP contribution >= 0.6 is 0 Å². The first kappa shape index (κ1) is 14.7. The average molecular weight is 288 g/mol. The Labute approximate surface area is 121 Å². The van der Waals surface area contributed by atoms with Gasteiger partial charge in [-0.1, -0.05) is 11.3 Å². The summed E-state index contributed by atoms with van der Waals surface area (Å²) >= 11 is 0. The van der Waals surface area contributed by atoms with Crippen LogP contribution in [0.3, 0.4) is 0 Å². The highest BCUT2D eigenvalue weighted by atomic mass is 16.4. The van der Waals surface area contributed by atoms with Crippen LogP contribution in [0.25, 0.3) is 5.69 Å². The Hall–Kier alpha value is -2.70. The molecule has 1 aromatic heterocycles. The van der Waals surface area contributed by atoms with Gasteiger partial charge in [0.05, 0.1) is 18.1 Å². The number of aromatic nitrogens is 3. The van der Waals surface area contributed by atoms with Crippen LogP contribution in [0.2, 0.25) is 0 Å². The van der Waals surface area contributed by atoms with Crippen LogP contribution in [0.5, 0.6) is 0 Å². The summed E-state index contributed by atoms with van der Waals surface area (Å²) in [5.41, 5.74) is 1.47. The molecule has 1 heterocycles. The maximum atomic E-state index is 11.8. The first-order chi connectivity index (χ1) is 10.1. The number of amides is 1. The van der Waals surface area contributed by atoms with E-state index in [0.717, 1.165) is 5.69 Å². The van der Waals surface area contributed by atoms with Crippen LogP contribution in [0.15, 0.2) is 36.7 Å². The third-order valence-corrected chi connectivity index (χ3v) is 2.86. The zero-order valence-electron chi connectivity index (χ0n) is 11.4. The SMILES string of the molecule is O=C(O)CCCCC(=O)Nc1cccc(-n2ccnn2)c1. The van der Waals surface area contributed by atoms with Crippen molar-refractivity contribution in [2.24, 2.45) is 0 Å². The lowest BCUT2D eigenvalue weighted by molar-refractivity contribution is -0.137. The lowest BCUT2D eigenvalue weighted by atomic mass is 10.2. The Morgan fingerprint density at radius 1 is 1.24 bits per heavy atom. The Balaban J connectivity index is 1.86. The topological polar surface area (TPSA) is 97.1 Å². The number of nitrogens with zero attached hydrogens (tertiary/aromatic N) is 3. The molecule has 0 spiro atoms. The standard InChI is InChI=1S/C14H16N4O3/c19-13(6-1-2-7-14(20)21)16-11-4-3-5-12(10-11)18-9-8-15-17-18/h3-5,8-10H,1-2,6-7H2,(H,16,19)(H,20,21). The summed E-state index contributed by atoms with van der Waals surface area (Å²) in [4.78, 5) is 22.1. The molecule has 1 amide bonds. The first-order valence-electron chi connectivity index (χ1n) is 6.63. The van der Waals surface area contributed by atoms with Crippen molar-refractivity contribution in [1.29, 1.82) is 0 Å². The van der Waals surface area contributed by atoms with E-state index in [0.29, 0.717) is 24.9 Å². The minimum Gasteiger partial charge on any atom is -0.481 e. The molecule has 0 aliphatic heterocycles. The van der Waals surface area contributed by atoms with Crippen molar-refractivity contribution in [3.05, 3.63) is 36.7 Å². The highest BCUT2D eigenvalue weighted by molar-refractivity contribution is 5.90. The van der Waals surface area contributed by atoms with E-state index in [1.54, 1.807) is 29.2 Å². The number of hydrogen-bond acceptors (Lipinski definition) is 4. The van der Waals surface area contributed by atoms with E-state index in [-0.39, 0.29) is 12.3 Å². The van der Waals surface area contributed by atoms with E-state index in [2.05, 4.69) is 15.6 Å². The quantitative estimate of drug-likeness (QED) is 0.758. The van der Waals surface area contributed by atoms with Crippen molar-refractivity contribution in [2.45, 2.75) is 25.7 Å². The number of unbranched alkanes of at least 4 members (excludes halogenated alkanes) is 1. The second kappa shape index (κ2) is 7.18. The first-order valence-corrected chi connectivity index (χ1v) is 6.63. The second-order valence-corrected chi connectivity index (χ2v) is 4.55. The number of anilines is 1. The average Bonchev–Trinajstić information content (AvgIpc) is 2.98. The van der Waals surface area contributed by atoms with E-state index in [1.807, 2.05) is 12.1 Å². The van der Waals surface area contributed by atoms with Gasteiger partial charge in [0.15, 0.2) is 0 Å². The summed E-state index contributed by atoms with van der Waals surface area (Å²) in [6, 6.07) is 7.26. The number of carbonyl (C=O) groups excluding carboxylic acids is 1. The van der Waals surface area contributed by atoms with Gasteiger partial charge in [-0.25, -0.2) is 4.68 Å². The van der Waals surface area contributed by atoms with Gasteiger partial charge in [0, 0.05) is 18.5 Å². The molecule has 2 aromatic rings. The van der Waals surface area contributed by atoms with Crippen molar-refractivity contribution < 1.29 is 14.7 Å². The lowest BCUT2D eigenvalue weighted by Crippen LogP contribution is -2.11. The molecule has 2 N–H and O–H groups in total. The molecular formula is C14H16N4O3. The Morgan fingerprint density at radius 3 is 2.76 bits per heavy atom. The molecule has 0 unspecified atom stereocenters. The Kier molecular flexibility index (Phi) is 5.03. The molecular weight excluding hydrogens is 272 g/mol. The maximum absolute atomic E-state index is 11.8. The fourth-order valence-electron chi connectivity index (χ4n) is 1.86. The highest BCUT2D eigenvalue weighted by Crippen LogP contribution is 2.14. The molecule has 7 nitrogen and oxygen atoms in total. The summed E-state index contributed by atoms with van der Waals surface area (Å²) in [6.07, 6.45) is 4.75. The van der Waals surface area contributed by atoms with Gasteiger partial charge in [0.25, 0.3) is 0 Å². The van der Waals surface area contributed by atoms with Gasteiger partial charge in [-0.05, 0) is 31.0 Å². The van der Waals surface area contributed by atoms with E-state index in [4.69, 9.17) is 5.11 Å². The van der Waals surface area contributed by atoms with Crippen molar-refractivity contribution in [2.75, 3.05) is 5.32 Å². The Morgan fingerprint density at radius 2 is 2.05 bits per heavy atom. The van der Waals surface area contributed by atoms with E-state index in [9.17, 15) is 9.59 Å². The summed E-state index contributed by atoms with van der Waals surface area (Å²) in [6.45, 7) is 0. The van der Waals surface area contributed by atoms with Gasteiger partial charge in [-0.15, -0.1) is 5.10 Å². The van der Waals surface area contributed by atoms with Crippen LogP contribution < -0.4 is 5.32 Å². The predicted octanol–water partition coefficient (Wildman–Crippen LogP) is 1.85. The second-order valence-electron chi connectivity index (χ2n) is 4.55. The normalized spacial score (nSPS) is 10.3. The van der Waals surface area contributed by atoms with E-state index >= 15 is 0 Å². The van der Waals surface area contributed by atoms with Crippen LogP contribution in [-0.2, 0) is 9.59 Å². The third-order valence-electron chi connectivity index (χ3n) is 2.86. The van der Waals surface area contributed by atoms with Gasteiger partial charge < -0.3 is 10.4 Å².